The number of alkyl halides is 3. The highest BCUT2D eigenvalue weighted by molar-refractivity contribution is 6.22. The van der Waals surface area contributed by atoms with Crippen LogP contribution in [0.15, 0.2) is 48.5 Å². The van der Waals surface area contributed by atoms with Crippen LogP contribution in [0.1, 0.15) is 15.9 Å². The molecule has 30 heavy (non-hydrogen) atoms. The SMILES string of the molecule is NCC1C(=O)N(c2ccc(OC(=O)c3ccc(C(F)(F)F)cc3)cc2)C(=O)C1CN. The summed E-state index contributed by atoms with van der Waals surface area (Å²) in [5.41, 5.74) is 10.5. The molecule has 2 aromatic rings. The number of carbonyl (C=O) groups excluding carboxylic acids is 3. The maximum absolute atomic E-state index is 12.6. The minimum atomic E-state index is -4.51. The number of imide groups is 1. The molecular weight excluding hydrogens is 403 g/mol. The minimum Gasteiger partial charge on any atom is -0.423 e. The Kier molecular flexibility index (Phi) is 5.90. The number of ether oxygens (including phenoxy) is 1. The Labute approximate surface area is 169 Å². The van der Waals surface area contributed by atoms with E-state index in [9.17, 15) is 27.6 Å². The summed E-state index contributed by atoms with van der Waals surface area (Å²) >= 11 is 0. The highest BCUT2D eigenvalue weighted by Gasteiger charge is 2.46. The van der Waals surface area contributed by atoms with Crippen LogP contribution in [0.4, 0.5) is 18.9 Å². The van der Waals surface area contributed by atoms with Crippen LogP contribution in [-0.2, 0) is 15.8 Å². The number of carbonyl (C=O) groups is 3. The van der Waals surface area contributed by atoms with Crippen molar-refractivity contribution in [3.05, 3.63) is 59.7 Å². The topological polar surface area (TPSA) is 116 Å². The monoisotopic (exact) mass is 421 g/mol. The zero-order valence-electron chi connectivity index (χ0n) is 15.6. The van der Waals surface area contributed by atoms with E-state index in [-0.39, 0.29) is 30.1 Å². The molecule has 0 saturated carbocycles. The van der Waals surface area contributed by atoms with Gasteiger partial charge in [-0.3, -0.25) is 9.59 Å². The van der Waals surface area contributed by atoms with Crippen molar-refractivity contribution in [2.45, 2.75) is 6.18 Å². The zero-order chi connectivity index (χ0) is 22.1. The summed E-state index contributed by atoms with van der Waals surface area (Å²) in [5.74, 6) is -3.05. The standard InChI is InChI=1S/C20H18F3N3O4/c21-20(22,23)12-3-1-11(2-4-12)19(29)30-14-7-5-13(6-8-14)26-17(27)15(9-24)16(10-25)18(26)28/h1-8,15-16H,9-10,24-25H2. The Morgan fingerprint density at radius 1 is 0.900 bits per heavy atom. The van der Waals surface area contributed by atoms with Crippen molar-refractivity contribution in [3.63, 3.8) is 0 Å². The smallest absolute Gasteiger partial charge is 0.416 e. The van der Waals surface area contributed by atoms with Gasteiger partial charge in [-0.25, -0.2) is 9.69 Å². The molecule has 0 bridgehead atoms. The molecule has 0 radical (unpaired) electrons. The molecule has 0 aromatic heterocycles. The maximum atomic E-state index is 12.6. The van der Waals surface area contributed by atoms with Gasteiger partial charge >= 0.3 is 12.1 Å². The second-order valence-corrected chi connectivity index (χ2v) is 6.65. The van der Waals surface area contributed by atoms with E-state index < -0.39 is 41.4 Å². The second-order valence-electron chi connectivity index (χ2n) is 6.65. The number of nitrogens with zero attached hydrogens (tertiary/aromatic N) is 1. The third-order valence-corrected chi connectivity index (χ3v) is 4.82. The third-order valence-electron chi connectivity index (χ3n) is 4.82. The fourth-order valence-corrected chi connectivity index (χ4v) is 3.19. The molecule has 7 nitrogen and oxygen atoms in total. The Balaban J connectivity index is 1.72. The number of esters is 1. The number of amides is 2. The van der Waals surface area contributed by atoms with Crippen molar-refractivity contribution in [2.24, 2.45) is 23.3 Å². The van der Waals surface area contributed by atoms with Gasteiger partial charge in [0.15, 0.2) is 0 Å². The van der Waals surface area contributed by atoms with Crippen LogP contribution in [0.5, 0.6) is 5.75 Å². The summed E-state index contributed by atoms with van der Waals surface area (Å²) in [5, 5.41) is 0. The van der Waals surface area contributed by atoms with Gasteiger partial charge in [0.1, 0.15) is 5.75 Å². The summed E-state index contributed by atoms with van der Waals surface area (Å²) in [6, 6.07) is 9.16. The number of hydrogen-bond donors (Lipinski definition) is 2. The maximum Gasteiger partial charge on any atom is 0.416 e. The summed E-state index contributed by atoms with van der Waals surface area (Å²) in [4.78, 5) is 38.1. The van der Waals surface area contributed by atoms with E-state index in [1.165, 1.54) is 24.3 Å². The van der Waals surface area contributed by atoms with E-state index in [0.29, 0.717) is 0 Å². The Hall–Kier alpha value is -3.24. The first-order valence-electron chi connectivity index (χ1n) is 8.94. The molecule has 158 valence electrons. The van der Waals surface area contributed by atoms with E-state index >= 15 is 0 Å². The van der Waals surface area contributed by atoms with Crippen molar-refractivity contribution in [3.8, 4) is 5.75 Å². The number of hydrogen-bond acceptors (Lipinski definition) is 6. The summed E-state index contributed by atoms with van der Waals surface area (Å²) in [7, 11) is 0. The lowest BCUT2D eigenvalue weighted by Gasteiger charge is -2.15. The number of rotatable bonds is 5. The molecule has 1 aliphatic heterocycles. The predicted octanol–water partition coefficient (Wildman–Crippen LogP) is 1.95. The molecule has 10 heteroatoms. The summed E-state index contributed by atoms with van der Waals surface area (Å²) in [6.45, 7) is -0.0163. The fraction of sp³-hybridized carbons (Fsp3) is 0.250. The van der Waals surface area contributed by atoms with Gasteiger partial charge < -0.3 is 16.2 Å². The van der Waals surface area contributed by atoms with Crippen LogP contribution < -0.4 is 21.1 Å². The molecule has 3 rings (SSSR count). The van der Waals surface area contributed by atoms with Gasteiger partial charge in [0.2, 0.25) is 11.8 Å². The van der Waals surface area contributed by atoms with Gasteiger partial charge in [0.05, 0.1) is 28.7 Å². The lowest BCUT2D eigenvalue weighted by atomic mass is 9.95. The molecule has 2 aromatic carbocycles. The third kappa shape index (κ3) is 4.05. The molecule has 2 atom stereocenters. The second kappa shape index (κ2) is 8.25. The van der Waals surface area contributed by atoms with Crippen LogP contribution in [0.25, 0.3) is 0 Å². The van der Waals surface area contributed by atoms with Crippen molar-refractivity contribution < 1.29 is 32.3 Å². The molecule has 1 fully saturated rings. The molecule has 0 spiro atoms. The molecule has 1 saturated heterocycles. The van der Waals surface area contributed by atoms with Crippen LogP contribution >= 0.6 is 0 Å². The quantitative estimate of drug-likeness (QED) is 0.433. The van der Waals surface area contributed by atoms with E-state index in [1.54, 1.807) is 0 Å². The average molecular weight is 421 g/mol. The first-order chi connectivity index (χ1) is 14.2. The molecule has 1 aliphatic rings. The van der Waals surface area contributed by atoms with Gasteiger partial charge in [-0.15, -0.1) is 0 Å². The van der Waals surface area contributed by atoms with Crippen molar-refractivity contribution in [1.82, 2.24) is 0 Å². The van der Waals surface area contributed by atoms with Gasteiger partial charge in [-0.05, 0) is 48.5 Å². The number of benzene rings is 2. The van der Waals surface area contributed by atoms with E-state index in [0.717, 1.165) is 29.2 Å². The lowest BCUT2D eigenvalue weighted by molar-refractivity contribution is -0.137. The number of nitrogens with two attached hydrogens (primary N) is 2. The van der Waals surface area contributed by atoms with Gasteiger partial charge in [-0.1, -0.05) is 0 Å². The lowest BCUT2D eigenvalue weighted by Crippen LogP contribution is -2.32. The van der Waals surface area contributed by atoms with Crippen LogP contribution in [0, 0.1) is 11.8 Å². The van der Waals surface area contributed by atoms with Crippen molar-refractivity contribution >= 4 is 23.5 Å². The molecule has 0 aliphatic carbocycles. The van der Waals surface area contributed by atoms with E-state index in [4.69, 9.17) is 16.2 Å². The summed E-state index contributed by atoms with van der Waals surface area (Å²) < 4.78 is 42.9. The van der Waals surface area contributed by atoms with Crippen LogP contribution in [0.3, 0.4) is 0 Å². The first kappa shape index (κ1) is 21.5. The molecule has 2 unspecified atom stereocenters. The van der Waals surface area contributed by atoms with Crippen molar-refractivity contribution in [2.75, 3.05) is 18.0 Å². The van der Waals surface area contributed by atoms with Crippen molar-refractivity contribution in [1.29, 1.82) is 0 Å². The van der Waals surface area contributed by atoms with E-state index in [1.807, 2.05) is 0 Å². The van der Waals surface area contributed by atoms with Gasteiger partial charge in [0.25, 0.3) is 0 Å². The molecule has 2 amide bonds. The number of halogens is 3. The predicted molar refractivity (Wildman–Crippen MR) is 100 cm³/mol. The zero-order valence-corrected chi connectivity index (χ0v) is 15.6. The van der Waals surface area contributed by atoms with Crippen LogP contribution in [0.2, 0.25) is 0 Å². The highest BCUT2D eigenvalue weighted by atomic mass is 19.4. The van der Waals surface area contributed by atoms with Crippen LogP contribution in [-0.4, -0.2) is 30.9 Å². The number of anilines is 1. The Bertz CT molecular complexity index is 937. The fourth-order valence-electron chi connectivity index (χ4n) is 3.19. The largest absolute Gasteiger partial charge is 0.423 e. The molecule has 1 heterocycles. The average Bonchev–Trinajstić information content (AvgIpc) is 2.96. The van der Waals surface area contributed by atoms with Gasteiger partial charge in [0, 0.05) is 13.1 Å². The van der Waals surface area contributed by atoms with Gasteiger partial charge in [-0.2, -0.15) is 13.2 Å². The first-order valence-corrected chi connectivity index (χ1v) is 8.94. The minimum absolute atomic E-state index is 0.00817. The Morgan fingerprint density at radius 3 is 1.83 bits per heavy atom. The van der Waals surface area contributed by atoms with E-state index in [2.05, 4.69) is 0 Å². The normalized spacial score (nSPS) is 19.3. The Morgan fingerprint density at radius 2 is 1.40 bits per heavy atom. The summed E-state index contributed by atoms with van der Waals surface area (Å²) in [6.07, 6.45) is -4.51. The highest BCUT2D eigenvalue weighted by Crippen LogP contribution is 2.32. The molecular formula is C20H18F3N3O4. The molecule has 4 N–H and O–H groups in total.